The number of methoxy groups -OCH3 is 1. The number of nitrogens with zero attached hydrogens (tertiary/aromatic N) is 1. The van der Waals surface area contributed by atoms with Crippen molar-refractivity contribution in [3.8, 4) is 11.5 Å². The number of rotatable bonds is 16. The number of carbonyl (C=O) groups is 4. The Morgan fingerprint density at radius 1 is 0.933 bits per heavy atom. The Hall–Kier alpha value is -4.28. The number of nitrogens with one attached hydrogen (secondary N) is 2. The van der Waals surface area contributed by atoms with Gasteiger partial charge in [-0.25, -0.2) is 4.79 Å². The summed E-state index contributed by atoms with van der Waals surface area (Å²) in [5.41, 5.74) is 0.758. The number of benzene rings is 2. The van der Waals surface area contributed by atoms with E-state index in [1.165, 1.54) is 30.2 Å². The molecule has 2 atom stereocenters. The summed E-state index contributed by atoms with van der Waals surface area (Å²) in [5, 5.41) is 25.3. The number of aromatic hydroxyl groups is 2. The number of ether oxygens (including phenoxy) is 2. The van der Waals surface area contributed by atoms with Crippen LogP contribution in [0, 0.1) is 6.92 Å². The average molecular weight is 628 g/mol. The summed E-state index contributed by atoms with van der Waals surface area (Å²) >= 11 is 0. The highest BCUT2D eigenvalue weighted by molar-refractivity contribution is 5.93. The van der Waals surface area contributed by atoms with Gasteiger partial charge in [-0.3, -0.25) is 14.4 Å². The van der Waals surface area contributed by atoms with E-state index in [-0.39, 0.29) is 24.5 Å². The van der Waals surface area contributed by atoms with Crippen LogP contribution in [0.25, 0.3) is 0 Å². The lowest BCUT2D eigenvalue weighted by molar-refractivity contribution is -0.144. The van der Waals surface area contributed by atoms with E-state index in [2.05, 4.69) is 17.6 Å². The van der Waals surface area contributed by atoms with Crippen molar-refractivity contribution in [3.05, 3.63) is 59.2 Å². The van der Waals surface area contributed by atoms with E-state index < -0.39 is 48.1 Å². The third kappa shape index (κ3) is 12.7. The summed E-state index contributed by atoms with van der Waals surface area (Å²) in [6, 6.07) is 8.56. The van der Waals surface area contributed by atoms with Crippen molar-refractivity contribution < 1.29 is 38.9 Å². The predicted octanol–water partition coefficient (Wildman–Crippen LogP) is 5.06. The number of hydrogen-bond acceptors (Lipinski definition) is 8. The normalized spacial score (nSPS) is 12.5. The maximum absolute atomic E-state index is 14.5. The quantitative estimate of drug-likeness (QED) is 0.149. The van der Waals surface area contributed by atoms with Crippen LogP contribution in [-0.2, 0) is 30.3 Å². The second-order valence-corrected chi connectivity index (χ2v) is 12.1. The number of hydrogen-bond donors (Lipinski definition) is 4. The Balaban J connectivity index is 2.58. The molecule has 0 saturated carbocycles. The molecule has 2 aromatic rings. The van der Waals surface area contributed by atoms with E-state index in [1.54, 1.807) is 52.0 Å². The summed E-state index contributed by atoms with van der Waals surface area (Å²) in [6.45, 7) is 8.72. The highest BCUT2D eigenvalue weighted by Gasteiger charge is 2.36. The van der Waals surface area contributed by atoms with E-state index in [0.717, 1.165) is 32.1 Å². The molecule has 0 aliphatic carbocycles. The molecule has 0 aliphatic heterocycles. The van der Waals surface area contributed by atoms with Gasteiger partial charge in [-0.15, -0.1) is 0 Å². The van der Waals surface area contributed by atoms with Crippen molar-refractivity contribution in [1.29, 1.82) is 0 Å². The molecule has 0 saturated heterocycles. The van der Waals surface area contributed by atoms with Crippen LogP contribution >= 0.6 is 0 Å². The fourth-order valence-electron chi connectivity index (χ4n) is 4.80. The first-order valence-electron chi connectivity index (χ1n) is 15.5. The molecule has 2 aromatic carbocycles. The van der Waals surface area contributed by atoms with E-state index in [9.17, 15) is 29.4 Å². The summed E-state index contributed by atoms with van der Waals surface area (Å²) in [6.07, 6.45) is 4.85. The van der Waals surface area contributed by atoms with Crippen LogP contribution in [-0.4, -0.2) is 70.8 Å². The van der Waals surface area contributed by atoms with Gasteiger partial charge in [0.25, 0.3) is 0 Å². The van der Waals surface area contributed by atoms with E-state index in [0.29, 0.717) is 23.1 Å². The van der Waals surface area contributed by atoms with E-state index >= 15 is 0 Å². The number of esters is 1. The average Bonchev–Trinajstić information content (AvgIpc) is 2.98. The zero-order chi connectivity index (χ0) is 33.6. The van der Waals surface area contributed by atoms with Crippen LogP contribution in [0.4, 0.5) is 4.79 Å². The lowest BCUT2D eigenvalue weighted by Gasteiger charge is -2.35. The van der Waals surface area contributed by atoms with Crippen LogP contribution in [0.15, 0.2) is 42.5 Å². The van der Waals surface area contributed by atoms with Crippen LogP contribution in [0.1, 0.15) is 89.0 Å². The summed E-state index contributed by atoms with van der Waals surface area (Å²) < 4.78 is 10.2. The highest BCUT2D eigenvalue weighted by atomic mass is 16.6. The lowest BCUT2D eigenvalue weighted by atomic mass is 9.98. The molecule has 0 spiro atoms. The molecule has 2 unspecified atom stereocenters. The third-order valence-electron chi connectivity index (χ3n) is 7.13. The predicted molar refractivity (Wildman–Crippen MR) is 171 cm³/mol. The smallest absolute Gasteiger partial charge is 0.408 e. The maximum Gasteiger partial charge on any atom is 0.408 e. The molecule has 0 fully saturated rings. The Kier molecular flexibility index (Phi) is 14.7. The van der Waals surface area contributed by atoms with Crippen molar-refractivity contribution in [2.24, 2.45) is 0 Å². The minimum absolute atomic E-state index is 0.0260. The molecule has 0 bridgehead atoms. The first-order valence-corrected chi connectivity index (χ1v) is 15.5. The molecule has 4 N–H and O–H groups in total. The van der Waals surface area contributed by atoms with Gasteiger partial charge in [-0.1, -0.05) is 57.2 Å². The Morgan fingerprint density at radius 3 is 2.18 bits per heavy atom. The number of amides is 3. The summed E-state index contributed by atoms with van der Waals surface area (Å²) in [7, 11) is 1.21. The minimum atomic E-state index is -1.19. The number of unbranched alkanes of at least 4 members (excludes halogenated alkanes) is 5. The standard InChI is InChI=1S/C34H49N3O8/c1-7-8-9-10-11-12-19-37(30(31(41)35-22-29(40)44-6)25-15-18-28(39)23(2)20-25)32(42)27(36-33(43)45-34(3,4)5)21-24-13-16-26(38)17-14-24/h13-18,20,27,30,38-39H,7-12,19,21-22H2,1-6H3,(H,35,41)(H,36,43). The molecular formula is C34H49N3O8. The summed E-state index contributed by atoms with van der Waals surface area (Å²) in [5.74, 6) is -1.74. The molecule has 2 rings (SSSR count). The maximum atomic E-state index is 14.5. The van der Waals surface area contributed by atoms with Crippen LogP contribution in [0.5, 0.6) is 11.5 Å². The van der Waals surface area contributed by atoms with Gasteiger partial charge in [0, 0.05) is 13.0 Å². The molecule has 0 heterocycles. The van der Waals surface area contributed by atoms with Crippen LogP contribution < -0.4 is 10.6 Å². The van der Waals surface area contributed by atoms with Gasteiger partial charge < -0.3 is 35.2 Å². The first kappa shape index (κ1) is 36.9. The SMILES string of the molecule is CCCCCCCCN(C(=O)C(Cc1ccc(O)cc1)NC(=O)OC(C)(C)C)C(C(=O)NCC(=O)OC)c1ccc(O)c(C)c1. The number of aryl methyl sites for hydroxylation is 1. The fourth-order valence-corrected chi connectivity index (χ4v) is 4.80. The molecular weight excluding hydrogens is 578 g/mol. The Labute approximate surface area is 266 Å². The van der Waals surface area contributed by atoms with Gasteiger partial charge in [-0.05, 0) is 75.1 Å². The zero-order valence-electron chi connectivity index (χ0n) is 27.4. The van der Waals surface area contributed by atoms with Crippen LogP contribution in [0.3, 0.4) is 0 Å². The third-order valence-corrected chi connectivity index (χ3v) is 7.13. The number of phenols is 2. The Morgan fingerprint density at radius 2 is 1.58 bits per heavy atom. The number of alkyl carbamates (subject to hydrolysis) is 1. The molecule has 45 heavy (non-hydrogen) atoms. The van der Waals surface area contributed by atoms with Gasteiger partial charge in [0.1, 0.15) is 35.7 Å². The molecule has 3 amide bonds. The number of carbonyl (C=O) groups excluding carboxylic acids is 4. The van der Waals surface area contributed by atoms with Crippen molar-refractivity contribution in [2.45, 2.75) is 97.2 Å². The van der Waals surface area contributed by atoms with Gasteiger partial charge >= 0.3 is 12.1 Å². The largest absolute Gasteiger partial charge is 0.508 e. The fraction of sp³-hybridized carbons (Fsp3) is 0.529. The molecule has 0 aromatic heterocycles. The molecule has 0 radical (unpaired) electrons. The lowest BCUT2D eigenvalue weighted by Crippen LogP contribution is -2.54. The molecule has 11 heteroatoms. The van der Waals surface area contributed by atoms with Crippen molar-refractivity contribution >= 4 is 23.9 Å². The Bertz CT molecular complexity index is 1270. The highest BCUT2D eigenvalue weighted by Crippen LogP contribution is 2.28. The van der Waals surface area contributed by atoms with Gasteiger partial charge in [0.15, 0.2) is 0 Å². The van der Waals surface area contributed by atoms with Gasteiger partial charge in [0.2, 0.25) is 11.8 Å². The van der Waals surface area contributed by atoms with Crippen LogP contribution in [0.2, 0.25) is 0 Å². The monoisotopic (exact) mass is 627 g/mol. The second-order valence-electron chi connectivity index (χ2n) is 12.1. The molecule has 248 valence electrons. The molecule has 11 nitrogen and oxygen atoms in total. The number of phenolic OH excluding ortho intramolecular Hbond substituents is 2. The summed E-state index contributed by atoms with van der Waals surface area (Å²) in [4.78, 5) is 54.6. The van der Waals surface area contributed by atoms with E-state index in [4.69, 9.17) is 9.47 Å². The minimum Gasteiger partial charge on any atom is -0.508 e. The van der Waals surface area contributed by atoms with Crippen molar-refractivity contribution in [3.63, 3.8) is 0 Å². The van der Waals surface area contributed by atoms with Crippen molar-refractivity contribution in [1.82, 2.24) is 15.5 Å². The molecule has 0 aliphatic rings. The van der Waals surface area contributed by atoms with Crippen molar-refractivity contribution in [2.75, 3.05) is 20.2 Å². The van der Waals surface area contributed by atoms with Gasteiger partial charge in [0.05, 0.1) is 7.11 Å². The second kappa shape index (κ2) is 17.9. The zero-order valence-corrected chi connectivity index (χ0v) is 27.4. The van der Waals surface area contributed by atoms with E-state index in [1.807, 2.05) is 0 Å². The first-order chi connectivity index (χ1) is 21.2. The topological polar surface area (TPSA) is 154 Å². The van der Waals surface area contributed by atoms with Gasteiger partial charge in [-0.2, -0.15) is 0 Å².